The van der Waals surface area contributed by atoms with Crippen molar-refractivity contribution in [1.29, 1.82) is 0 Å². The van der Waals surface area contributed by atoms with Gasteiger partial charge in [-0.25, -0.2) is 0 Å². The summed E-state index contributed by atoms with van der Waals surface area (Å²) in [5.41, 5.74) is 24.2. The summed E-state index contributed by atoms with van der Waals surface area (Å²) in [5.74, 6) is 0. The molecule has 2 aliphatic rings. The Balaban J connectivity index is 0.977. The maximum Gasteiger partial charge on any atom is 0.0725 e. The first-order valence-electron chi connectivity index (χ1n) is 23.9. The summed E-state index contributed by atoms with van der Waals surface area (Å²) in [6.07, 6.45) is 0. The van der Waals surface area contributed by atoms with Crippen molar-refractivity contribution in [2.45, 2.75) is 5.41 Å². The highest BCUT2D eigenvalue weighted by atomic mass is 15.1. The zero-order valence-electron chi connectivity index (χ0n) is 37.8. The van der Waals surface area contributed by atoms with Gasteiger partial charge in [-0.05, 0) is 127 Å². The van der Waals surface area contributed by atoms with E-state index in [4.69, 9.17) is 0 Å². The van der Waals surface area contributed by atoms with Gasteiger partial charge in [-0.3, -0.25) is 0 Å². The van der Waals surface area contributed by atoms with E-state index in [2.05, 4.69) is 276 Å². The summed E-state index contributed by atoms with van der Waals surface area (Å²) >= 11 is 0. The molecular formula is C67H44N2. The van der Waals surface area contributed by atoms with Crippen molar-refractivity contribution < 1.29 is 0 Å². The van der Waals surface area contributed by atoms with Crippen molar-refractivity contribution in [3.05, 3.63) is 289 Å². The van der Waals surface area contributed by atoms with E-state index in [1.165, 1.54) is 94.2 Å². The maximum atomic E-state index is 2.49. The molecule has 1 aromatic heterocycles. The Kier molecular flexibility index (Phi) is 8.84. The Hall–Kier alpha value is -8.98. The van der Waals surface area contributed by atoms with Gasteiger partial charge in [0.1, 0.15) is 0 Å². The molecule has 2 aliphatic carbocycles. The van der Waals surface area contributed by atoms with Crippen molar-refractivity contribution in [2.75, 3.05) is 4.90 Å². The molecule has 0 radical (unpaired) electrons. The van der Waals surface area contributed by atoms with E-state index in [1.807, 2.05) is 0 Å². The first-order valence-corrected chi connectivity index (χ1v) is 23.9. The number of rotatable bonds is 7. The van der Waals surface area contributed by atoms with Gasteiger partial charge in [0.2, 0.25) is 0 Å². The molecule has 0 saturated carbocycles. The summed E-state index contributed by atoms with van der Waals surface area (Å²) < 4.78 is 2.49. The van der Waals surface area contributed by atoms with Crippen LogP contribution in [0, 0.1) is 0 Å². The molecule has 0 atom stereocenters. The molecule has 0 aliphatic heterocycles. The number of para-hydroxylation sites is 2. The van der Waals surface area contributed by atoms with Crippen molar-refractivity contribution in [2.24, 2.45) is 0 Å². The molecule has 0 amide bonds. The van der Waals surface area contributed by atoms with E-state index in [-0.39, 0.29) is 0 Å². The van der Waals surface area contributed by atoms with Gasteiger partial charge in [0, 0.05) is 33.4 Å². The van der Waals surface area contributed by atoms with Crippen molar-refractivity contribution in [3.8, 4) is 61.3 Å². The molecule has 322 valence electrons. The van der Waals surface area contributed by atoms with E-state index in [1.54, 1.807) is 0 Å². The topological polar surface area (TPSA) is 8.17 Å². The minimum absolute atomic E-state index is 0.407. The lowest BCUT2D eigenvalue weighted by Gasteiger charge is -2.30. The van der Waals surface area contributed by atoms with Crippen LogP contribution in [0.25, 0.3) is 83.1 Å². The average Bonchev–Trinajstić information content (AvgIpc) is 4.03. The van der Waals surface area contributed by atoms with Gasteiger partial charge in [0.05, 0.1) is 22.1 Å². The minimum atomic E-state index is -0.407. The van der Waals surface area contributed by atoms with E-state index >= 15 is 0 Å². The summed E-state index contributed by atoms with van der Waals surface area (Å²) in [6, 6.07) is 98.5. The van der Waals surface area contributed by atoms with Gasteiger partial charge in [-0.15, -0.1) is 0 Å². The summed E-state index contributed by atoms with van der Waals surface area (Å²) in [6.45, 7) is 0. The summed E-state index contributed by atoms with van der Waals surface area (Å²) in [7, 11) is 0. The molecule has 0 N–H and O–H groups in total. The van der Waals surface area contributed by atoms with Crippen LogP contribution >= 0.6 is 0 Å². The molecular weight excluding hydrogens is 833 g/mol. The molecule has 0 unspecified atom stereocenters. The van der Waals surface area contributed by atoms with Crippen LogP contribution in [0.15, 0.2) is 267 Å². The molecule has 1 heterocycles. The first kappa shape index (κ1) is 39.2. The van der Waals surface area contributed by atoms with E-state index in [0.29, 0.717) is 0 Å². The number of anilines is 3. The number of hydrogen-bond donors (Lipinski definition) is 0. The molecule has 14 rings (SSSR count). The second kappa shape index (κ2) is 15.6. The Morgan fingerprint density at radius 3 is 1.48 bits per heavy atom. The van der Waals surface area contributed by atoms with Crippen LogP contribution in [-0.4, -0.2) is 4.57 Å². The summed E-state index contributed by atoms with van der Waals surface area (Å²) in [4.78, 5) is 2.37. The fourth-order valence-electron chi connectivity index (χ4n) is 11.9. The smallest absolute Gasteiger partial charge is 0.0725 e. The number of aromatic nitrogens is 1. The Morgan fingerprint density at radius 1 is 0.275 bits per heavy atom. The quantitative estimate of drug-likeness (QED) is 0.155. The molecule has 0 bridgehead atoms. The van der Waals surface area contributed by atoms with E-state index in [0.717, 1.165) is 28.3 Å². The Bertz CT molecular complexity index is 3890. The number of benzene rings is 11. The van der Waals surface area contributed by atoms with Gasteiger partial charge < -0.3 is 9.47 Å². The predicted molar refractivity (Wildman–Crippen MR) is 288 cm³/mol. The largest absolute Gasteiger partial charge is 0.310 e. The Labute approximate surface area is 402 Å². The zero-order valence-corrected chi connectivity index (χ0v) is 37.8. The highest BCUT2D eigenvalue weighted by Crippen LogP contribution is 2.64. The van der Waals surface area contributed by atoms with Crippen LogP contribution in [0.5, 0.6) is 0 Å². The third-order valence-corrected chi connectivity index (χ3v) is 14.8. The number of hydrogen-bond acceptors (Lipinski definition) is 1. The number of nitrogens with zero attached hydrogens (tertiary/aromatic N) is 2. The van der Waals surface area contributed by atoms with Crippen LogP contribution in [0.3, 0.4) is 0 Å². The average molecular weight is 877 g/mol. The molecule has 69 heavy (non-hydrogen) atoms. The fraction of sp³-hybridized carbons (Fsp3) is 0.0149. The first-order chi connectivity index (χ1) is 34.3. The van der Waals surface area contributed by atoms with Crippen molar-refractivity contribution >= 4 is 38.9 Å². The second-order valence-corrected chi connectivity index (χ2v) is 18.4. The van der Waals surface area contributed by atoms with Crippen LogP contribution < -0.4 is 4.90 Å². The normalized spacial score (nSPS) is 12.8. The standard InChI is InChI=1S/C67H44N2/c1-4-19-45(20-5-1)46-35-38-50(39-36-46)68(49-23-8-3-9-24-49)51-40-41-56-55-27-13-17-34-63(55)69(65(56)44-51)64-42-37-48(43-58(64)47-21-6-2-7-22-47)52-29-18-33-62-66(52)57-28-12-16-32-61(57)67(62)59-30-14-10-25-53(59)54-26-11-15-31-60(54)67/h1-44H. The van der Waals surface area contributed by atoms with Gasteiger partial charge in [-0.1, -0.05) is 212 Å². The number of fused-ring (bicyclic) bond motifs is 13. The van der Waals surface area contributed by atoms with Crippen molar-refractivity contribution in [1.82, 2.24) is 4.57 Å². The molecule has 11 aromatic carbocycles. The predicted octanol–water partition coefficient (Wildman–Crippen LogP) is 17.6. The van der Waals surface area contributed by atoms with Gasteiger partial charge in [-0.2, -0.15) is 0 Å². The fourth-order valence-corrected chi connectivity index (χ4v) is 11.9. The van der Waals surface area contributed by atoms with E-state index in [9.17, 15) is 0 Å². The van der Waals surface area contributed by atoms with Crippen LogP contribution in [0.4, 0.5) is 17.1 Å². The highest BCUT2D eigenvalue weighted by Gasteiger charge is 2.52. The Morgan fingerprint density at radius 2 is 0.768 bits per heavy atom. The van der Waals surface area contributed by atoms with Gasteiger partial charge >= 0.3 is 0 Å². The van der Waals surface area contributed by atoms with Crippen LogP contribution in [0.2, 0.25) is 0 Å². The second-order valence-electron chi connectivity index (χ2n) is 18.4. The highest BCUT2D eigenvalue weighted by molar-refractivity contribution is 6.11. The SMILES string of the molecule is c1ccc(-c2ccc(N(c3ccccc3)c3ccc4c5ccccc5n(-c5ccc(-c6cccc7c6-c6ccccc6C76c7ccccc7-c7ccccc76)cc5-c5ccccc5)c4c3)cc2)cc1. The monoisotopic (exact) mass is 876 g/mol. The van der Waals surface area contributed by atoms with Gasteiger partial charge in [0.25, 0.3) is 0 Å². The van der Waals surface area contributed by atoms with Crippen molar-refractivity contribution in [3.63, 3.8) is 0 Å². The van der Waals surface area contributed by atoms with Gasteiger partial charge in [0.15, 0.2) is 0 Å². The molecule has 2 heteroatoms. The third kappa shape index (κ3) is 5.86. The lowest BCUT2D eigenvalue weighted by Crippen LogP contribution is -2.25. The molecule has 0 saturated heterocycles. The molecule has 12 aromatic rings. The zero-order chi connectivity index (χ0) is 45.5. The lowest BCUT2D eigenvalue weighted by molar-refractivity contribution is 0.794. The third-order valence-electron chi connectivity index (χ3n) is 14.8. The summed E-state index contributed by atoms with van der Waals surface area (Å²) in [5, 5.41) is 2.44. The molecule has 1 spiro atoms. The minimum Gasteiger partial charge on any atom is -0.310 e. The van der Waals surface area contributed by atoms with Crippen LogP contribution in [-0.2, 0) is 5.41 Å². The van der Waals surface area contributed by atoms with Crippen LogP contribution in [0.1, 0.15) is 22.3 Å². The lowest BCUT2D eigenvalue weighted by atomic mass is 9.70. The molecule has 0 fully saturated rings. The maximum absolute atomic E-state index is 2.49. The molecule has 2 nitrogen and oxygen atoms in total. The van der Waals surface area contributed by atoms with E-state index < -0.39 is 5.41 Å².